The zero-order valence-corrected chi connectivity index (χ0v) is 8.29. The summed E-state index contributed by atoms with van der Waals surface area (Å²) in [4.78, 5) is 11.6. The van der Waals surface area contributed by atoms with Gasteiger partial charge in [0.05, 0.1) is 5.41 Å². The maximum atomic E-state index is 11.6. The van der Waals surface area contributed by atoms with Gasteiger partial charge in [0, 0.05) is 12.0 Å². The van der Waals surface area contributed by atoms with Gasteiger partial charge in [-0.15, -0.1) is 0 Å². The number of ketones is 1. The van der Waals surface area contributed by atoms with Crippen molar-refractivity contribution < 1.29 is 9.90 Å². The zero-order valence-electron chi connectivity index (χ0n) is 8.29. The number of carbonyl (C=O) groups excluding carboxylic acids is 1. The molecule has 1 saturated carbocycles. The average molecular weight is 190 g/mol. The fourth-order valence-corrected chi connectivity index (χ4v) is 2.26. The molecule has 0 amide bonds. The third-order valence-electron chi connectivity index (χ3n) is 3.34. The van der Waals surface area contributed by atoms with E-state index >= 15 is 0 Å². The van der Waals surface area contributed by atoms with E-state index in [4.69, 9.17) is 0 Å². The van der Waals surface area contributed by atoms with Gasteiger partial charge in [-0.3, -0.25) is 4.79 Å². The molecule has 0 radical (unpaired) electrons. The molecule has 74 valence electrons. The van der Waals surface area contributed by atoms with Crippen molar-refractivity contribution in [2.24, 2.45) is 0 Å². The quantitative estimate of drug-likeness (QED) is 0.777. The number of aromatic hydroxyl groups is 1. The maximum Gasteiger partial charge on any atom is 0.143 e. The maximum absolute atomic E-state index is 11.6. The molecular formula is C12H14O2. The van der Waals surface area contributed by atoms with Crippen molar-refractivity contribution in [3.05, 3.63) is 29.8 Å². The van der Waals surface area contributed by atoms with Crippen LogP contribution in [0.25, 0.3) is 0 Å². The lowest BCUT2D eigenvalue weighted by atomic mass is 9.61. The van der Waals surface area contributed by atoms with Crippen LogP contribution in [0.2, 0.25) is 0 Å². The third kappa shape index (κ3) is 1.07. The molecule has 1 N–H and O–H groups in total. The van der Waals surface area contributed by atoms with Crippen molar-refractivity contribution in [1.29, 1.82) is 0 Å². The minimum Gasteiger partial charge on any atom is -0.508 e. The van der Waals surface area contributed by atoms with Gasteiger partial charge >= 0.3 is 0 Å². The first-order valence-electron chi connectivity index (χ1n) is 5.02. The van der Waals surface area contributed by atoms with E-state index < -0.39 is 0 Å². The predicted molar refractivity (Wildman–Crippen MR) is 54.3 cm³/mol. The molecule has 14 heavy (non-hydrogen) atoms. The minimum absolute atomic E-state index is 0.252. The van der Waals surface area contributed by atoms with Crippen LogP contribution in [-0.4, -0.2) is 10.9 Å². The molecule has 1 unspecified atom stereocenters. The number of Topliss-reactive ketones (excluding diaryl/α,β-unsaturated/α-hetero) is 1. The summed E-state index contributed by atoms with van der Waals surface area (Å²) in [6, 6.07) is 7.16. The first kappa shape index (κ1) is 9.25. The molecule has 0 spiro atoms. The molecule has 1 aliphatic carbocycles. The van der Waals surface area contributed by atoms with Crippen molar-refractivity contribution in [2.45, 2.75) is 31.6 Å². The second-order valence-electron chi connectivity index (χ2n) is 3.88. The number of carbonyl (C=O) groups is 1. The second-order valence-corrected chi connectivity index (χ2v) is 3.88. The van der Waals surface area contributed by atoms with E-state index in [-0.39, 0.29) is 16.9 Å². The summed E-state index contributed by atoms with van der Waals surface area (Å²) in [6.07, 6.45) is 2.31. The topological polar surface area (TPSA) is 37.3 Å². The predicted octanol–water partition coefficient (Wildman–Crippen LogP) is 2.40. The normalized spacial score (nSPS) is 25.9. The lowest BCUT2D eigenvalue weighted by Gasteiger charge is -2.40. The SMILES string of the molecule is CCC1(c2ccccc2O)CCC1=O. The minimum atomic E-state index is -0.384. The molecular weight excluding hydrogens is 176 g/mol. The molecule has 1 aliphatic rings. The highest BCUT2D eigenvalue weighted by Crippen LogP contribution is 2.46. The van der Waals surface area contributed by atoms with E-state index in [0.29, 0.717) is 6.42 Å². The van der Waals surface area contributed by atoms with Gasteiger partial charge in [0.2, 0.25) is 0 Å². The smallest absolute Gasteiger partial charge is 0.143 e. The second kappa shape index (κ2) is 3.12. The Morgan fingerprint density at radius 1 is 1.43 bits per heavy atom. The van der Waals surface area contributed by atoms with Crippen LogP contribution in [0.1, 0.15) is 31.7 Å². The Morgan fingerprint density at radius 2 is 2.14 bits per heavy atom. The molecule has 0 saturated heterocycles. The molecule has 1 fully saturated rings. The van der Waals surface area contributed by atoms with Gasteiger partial charge in [0.1, 0.15) is 11.5 Å². The van der Waals surface area contributed by atoms with Gasteiger partial charge in [0.15, 0.2) is 0 Å². The number of para-hydroxylation sites is 1. The summed E-state index contributed by atoms with van der Waals surface area (Å²) in [5.41, 5.74) is 0.421. The molecule has 1 aromatic rings. The average Bonchev–Trinajstić information content (AvgIpc) is 2.20. The van der Waals surface area contributed by atoms with Gasteiger partial charge in [-0.25, -0.2) is 0 Å². The van der Waals surface area contributed by atoms with Crippen molar-refractivity contribution in [2.75, 3.05) is 0 Å². The van der Waals surface area contributed by atoms with Crippen LogP contribution in [0.5, 0.6) is 5.75 Å². The van der Waals surface area contributed by atoms with Gasteiger partial charge in [-0.1, -0.05) is 25.1 Å². The van der Waals surface area contributed by atoms with Crippen molar-refractivity contribution in [1.82, 2.24) is 0 Å². The fourth-order valence-electron chi connectivity index (χ4n) is 2.26. The Hall–Kier alpha value is -1.31. The summed E-state index contributed by atoms with van der Waals surface area (Å²) in [6.45, 7) is 2.00. The number of rotatable bonds is 2. The Balaban J connectivity index is 2.47. The highest BCUT2D eigenvalue weighted by atomic mass is 16.3. The first-order valence-corrected chi connectivity index (χ1v) is 5.02. The summed E-state index contributed by atoms with van der Waals surface area (Å²) < 4.78 is 0. The van der Waals surface area contributed by atoms with Crippen molar-refractivity contribution in [3.63, 3.8) is 0 Å². The lowest BCUT2D eigenvalue weighted by molar-refractivity contribution is -0.132. The van der Waals surface area contributed by atoms with Crippen LogP contribution in [0, 0.1) is 0 Å². The van der Waals surface area contributed by atoms with Gasteiger partial charge in [0.25, 0.3) is 0 Å². The van der Waals surface area contributed by atoms with E-state index in [1.807, 2.05) is 19.1 Å². The van der Waals surface area contributed by atoms with E-state index in [1.165, 1.54) is 0 Å². The summed E-state index contributed by atoms with van der Waals surface area (Å²) >= 11 is 0. The molecule has 1 aromatic carbocycles. The first-order chi connectivity index (χ1) is 6.70. The molecule has 0 aromatic heterocycles. The van der Waals surface area contributed by atoms with E-state index in [0.717, 1.165) is 18.4 Å². The van der Waals surface area contributed by atoms with Crippen LogP contribution in [0.3, 0.4) is 0 Å². The van der Waals surface area contributed by atoms with Crippen LogP contribution < -0.4 is 0 Å². The molecule has 0 heterocycles. The Kier molecular flexibility index (Phi) is 2.06. The molecule has 0 bridgehead atoms. The molecule has 2 heteroatoms. The molecule has 2 nitrogen and oxygen atoms in total. The lowest BCUT2D eigenvalue weighted by Crippen LogP contribution is -2.44. The largest absolute Gasteiger partial charge is 0.508 e. The number of benzene rings is 1. The highest BCUT2D eigenvalue weighted by Gasteiger charge is 2.46. The fraction of sp³-hybridized carbons (Fsp3) is 0.417. The number of phenolic OH excluding ortho intramolecular Hbond substituents is 1. The zero-order chi connectivity index (χ0) is 10.2. The number of phenols is 1. The Labute approximate surface area is 83.6 Å². The van der Waals surface area contributed by atoms with Crippen LogP contribution in [0.4, 0.5) is 0 Å². The Morgan fingerprint density at radius 3 is 2.57 bits per heavy atom. The van der Waals surface area contributed by atoms with Crippen molar-refractivity contribution in [3.8, 4) is 5.75 Å². The summed E-state index contributed by atoms with van der Waals surface area (Å²) in [5.74, 6) is 0.518. The molecule has 0 aliphatic heterocycles. The molecule has 1 atom stereocenters. The molecule has 2 rings (SSSR count). The standard InChI is InChI=1S/C12H14O2/c1-2-12(8-7-11(12)14)9-5-3-4-6-10(9)13/h3-6,13H,2,7-8H2,1H3. The van der Waals surface area contributed by atoms with E-state index in [9.17, 15) is 9.90 Å². The number of hydrogen-bond donors (Lipinski definition) is 1. The highest BCUT2D eigenvalue weighted by molar-refractivity contribution is 5.96. The van der Waals surface area contributed by atoms with Gasteiger partial charge < -0.3 is 5.11 Å². The summed E-state index contributed by atoms with van der Waals surface area (Å²) in [5, 5.41) is 9.71. The Bertz CT molecular complexity index is 366. The van der Waals surface area contributed by atoms with E-state index in [2.05, 4.69) is 0 Å². The van der Waals surface area contributed by atoms with Crippen LogP contribution in [-0.2, 0) is 10.2 Å². The van der Waals surface area contributed by atoms with Gasteiger partial charge in [-0.05, 0) is 18.9 Å². The number of hydrogen-bond acceptors (Lipinski definition) is 2. The van der Waals surface area contributed by atoms with Crippen LogP contribution >= 0.6 is 0 Å². The van der Waals surface area contributed by atoms with Gasteiger partial charge in [-0.2, -0.15) is 0 Å². The van der Waals surface area contributed by atoms with Crippen molar-refractivity contribution >= 4 is 5.78 Å². The third-order valence-corrected chi connectivity index (χ3v) is 3.34. The van der Waals surface area contributed by atoms with Crippen LogP contribution in [0.15, 0.2) is 24.3 Å². The summed E-state index contributed by atoms with van der Waals surface area (Å²) in [7, 11) is 0. The van der Waals surface area contributed by atoms with E-state index in [1.54, 1.807) is 12.1 Å². The monoisotopic (exact) mass is 190 g/mol.